The summed E-state index contributed by atoms with van der Waals surface area (Å²) in [7, 11) is 0. The average molecular weight is 233 g/mol. The van der Waals surface area contributed by atoms with E-state index in [-0.39, 0.29) is 57.9 Å². The monoisotopic (exact) mass is 233 g/mol. The van der Waals surface area contributed by atoms with Crippen LogP contribution in [0.1, 0.15) is 20.3 Å². The Labute approximate surface area is 127 Å². The first-order chi connectivity index (χ1) is 5.91. The maximum atomic E-state index is 12.1. The molecule has 0 bridgehead atoms. The Morgan fingerprint density at radius 1 is 1.29 bits per heavy atom. The zero-order valence-electron chi connectivity index (χ0n) is 9.19. The third-order valence-electron chi connectivity index (χ3n) is 1.88. The summed E-state index contributed by atoms with van der Waals surface area (Å²) in [6, 6.07) is 0. The zero-order chi connectivity index (χ0) is 10.5. The Morgan fingerprint density at radius 3 is 2.07 bits per heavy atom. The summed E-state index contributed by atoms with van der Waals surface area (Å²) in [5.74, 6) is 0. The maximum absolute atomic E-state index is 12.1. The molecule has 0 aromatic heterocycles. The van der Waals surface area contributed by atoms with Crippen LogP contribution in [-0.2, 0) is 0 Å². The minimum absolute atomic E-state index is 0. The van der Waals surface area contributed by atoms with Gasteiger partial charge in [-0.05, 0) is 26.1 Å². The number of hydrogen-bond acceptors (Lipinski definition) is 1. The number of rotatable bonds is 6. The first kappa shape index (κ1) is 17.6. The van der Waals surface area contributed by atoms with Crippen LogP contribution in [0.4, 0.5) is 12.9 Å². The van der Waals surface area contributed by atoms with Crippen LogP contribution in [0.15, 0.2) is 12.1 Å². The minimum Gasteiger partial charge on any atom is -0.445 e. The average Bonchev–Trinajstić information content (AvgIpc) is 2.01. The summed E-state index contributed by atoms with van der Waals surface area (Å²) >= 11 is 0. The van der Waals surface area contributed by atoms with E-state index in [9.17, 15) is 12.9 Å². The van der Waals surface area contributed by atoms with Crippen molar-refractivity contribution in [2.24, 2.45) is 0 Å². The third-order valence-corrected chi connectivity index (χ3v) is 1.88. The van der Waals surface area contributed by atoms with Crippen LogP contribution in [0.2, 0.25) is 0 Å². The molecule has 0 radical (unpaired) electrons. The molecule has 78 valence electrons. The van der Waals surface area contributed by atoms with Crippen molar-refractivity contribution in [3.05, 3.63) is 12.1 Å². The van der Waals surface area contributed by atoms with Gasteiger partial charge in [0.15, 0.2) is 0 Å². The minimum atomic E-state index is -4.86. The second-order valence-corrected chi connectivity index (χ2v) is 3.10. The standard InChI is InChI=1S/C8H16BF3N.K/c1-4-6-13(5-2)7-8(3)9(10,11)12;/h3-7H2,1-2H3;/q-1;+1. The van der Waals surface area contributed by atoms with Crippen LogP contribution < -0.4 is 51.4 Å². The van der Waals surface area contributed by atoms with Crippen LogP contribution in [0, 0.1) is 0 Å². The topological polar surface area (TPSA) is 3.24 Å². The summed E-state index contributed by atoms with van der Waals surface area (Å²) in [6.07, 6.45) is 0.867. The van der Waals surface area contributed by atoms with Gasteiger partial charge >= 0.3 is 58.4 Å². The number of likely N-dealkylation sites (N-methyl/N-ethyl adjacent to an activating group) is 1. The second kappa shape index (κ2) is 8.36. The van der Waals surface area contributed by atoms with Crippen LogP contribution in [0.3, 0.4) is 0 Å². The van der Waals surface area contributed by atoms with Gasteiger partial charge in [0.1, 0.15) is 0 Å². The molecule has 0 spiro atoms. The van der Waals surface area contributed by atoms with Gasteiger partial charge in [-0.15, -0.1) is 12.1 Å². The molecule has 6 heteroatoms. The van der Waals surface area contributed by atoms with Gasteiger partial charge < -0.3 is 17.8 Å². The van der Waals surface area contributed by atoms with Crippen molar-refractivity contribution in [2.45, 2.75) is 20.3 Å². The van der Waals surface area contributed by atoms with Crippen molar-refractivity contribution in [1.82, 2.24) is 4.90 Å². The molecule has 0 aromatic carbocycles. The first-order valence-corrected chi connectivity index (χ1v) is 4.51. The summed E-state index contributed by atoms with van der Waals surface area (Å²) in [6.45, 7) is 3.29. The fourth-order valence-corrected chi connectivity index (χ4v) is 1.06. The van der Waals surface area contributed by atoms with Gasteiger partial charge in [0.25, 0.3) is 0 Å². The Hall–Kier alpha value is 1.19. The number of halogens is 3. The predicted octanol–water partition coefficient (Wildman–Crippen LogP) is -0.335. The van der Waals surface area contributed by atoms with E-state index in [4.69, 9.17) is 0 Å². The summed E-state index contributed by atoms with van der Waals surface area (Å²) < 4.78 is 36.4. The molecule has 0 saturated carbocycles. The maximum Gasteiger partial charge on any atom is 1.00 e. The molecule has 0 rings (SSSR count). The van der Waals surface area contributed by atoms with Crippen molar-refractivity contribution >= 4 is 6.98 Å². The van der Waals surface area contributed by atoms with E-state index in [1.165, 1.54) is 0 Å². The largest absolute Gasteiger partial charge is 1.00 e. The SMILES string of the molecule is C=C(CN(CC)CCC)[B-](F)(F)F.[K+]. The van der Waals surface area contributed by atoms with Crippen molar-refractivity contribution in [1.29, 1.82) is 0 Å². The molecule has 0 aromatic rings. The summed E-state index contributed by atoms with van der Waals surface area (Å²) in [5.41, 5.74) is -0.602. The molecule has 0 aliphatic carbocycles. The normalized spacial score (nSPS) is 11.3. The Kier molecular flexibility index (Phi) is 10.5. The van der Waals surface area contributed by atoms with Crippen molar-refractivity contribution in [3.8, 4) is 0 Å². The smallest absolute Gasteiger partial charge is 0.445 e. The number of nitrogens with zero attached hydrogens (tertiary/aromatic N) is 1. The van der Waals surface area contributed by atoms with Gasteiger partial charge in [-0.3, -0.25) is 0 Å². The molecule has 0 aliphatic rings. The second-order valence-electron chi connectivity index (χ2n) is 3.10. The van der Waals surface area contributed by atoms with Gasteiger partial charge in [-0.2, -0.15) is 0 Å². The molecule has 0 unspecified atom stereocenters. The fraction of sp³-hybridized carbons (Fsp3) is 0.750. The molecule has 0 saturated heterocycles. The van der Waals surface area contributed by atoms with E-state index in [1.807, 2.05) is 13.8 Å². The molecule has 1 nitrogen and oxygen atoms in total. The first-order valence-electron chi connectivity index (χ1n) is 4.51. The molecule has 14 heavy (non-hydrogen) atoms. The van der Waals surface area contributed by atoms with E-state index in [0.717, 1.165) is 6.42 Å². The summed E-state index contributed by atoms with van der Waals surface area (Å²) in [4.78, 5) is 1.75. The van der Waals surface area contributed by atoms with Gasteiger partial charge in [-0.25, -0.2) is 0 Å². The molecule has 0 aliphatic heterocycles. The molecular formula is C8H16BF3KN. The van der Waals surface area contributed by atoms with E-state index in [2.05, 4.69) is 6.58 Å². The molecule has 0 heterocycles. The Balaban J connectivity index is 0. The third kappa shape index (κ3) is 7.48. The molecule has 0 N–H and O–H groups in total. The van der Waals surface area contributed by atoms with Crippen molar-refractivity contribution in [2.75, 3.05) is 19.6 Å². The molecule has 0 atom stereocenters. The molecule has 0 amide bonds. The van der Waals surface area contributed by atoms with Crippen LogP contribution in [-0.4, -0.2) is 31.5 Å². The Bertz CT molecular complexity index is 172. The quantitative estimate of drug-likeness (QED) is 0.567. The Morgan fingerprint density at radius 2 is 1.79 bits per heavy atom. The van der Waals surface area contributed by atoms with Crippen LogP contribution >= 0.6 is 0 Å². The fourth-order valence-electron chi connectivity index (χ4n) is 1.06. The number of hydrogen-bond donors (Lipinski definition) is 0. The van der Waals surface area contributed by atoms with Crippen molar-refractivity contribution < 1.29 is 64.3 Å². The van der Waals surface area contributed by atoms with Crippen LogP contribution in [0.25, 0.3) is 0 Å². The van der Waals surface area contributed by atoms with Gasteiger partial charge in [-0.1, -0.05) is 13.8 Å². The van der Waals surface area contributed by atoms with Gasteiger partial charge in [0.05, 0.1) is 0 Å². The van der Waals surface area contributed by atoms with Gasteiger partial charge in [0, 0.05) is 0 Å². The van der Waals surface area contributed by atoms with E-state index < -0.39 is 12.4 Å². The van der Waals surface area contributed by atoms with Crippen LogP contribution in [0.5, 0.6) is 0 Å². The zero-order valence-corrected chi connectivity index (χ0v) is 12.3. The predicted molar refractivity (Wildman–Crippen MR) is 50.6 cm³/mol. The summed E-state index contributed by atoms with van der Waals surface area (Å²) in [5, 5.41) is 0. The van der Waals surface area contributed by atoms with E-state index >= 15 is 0 Å². The molecular weight excluding hydrogens is 217 g/mol. The van der Waals surface area contributed by atoms with E-state index in [0.29, 0.717) is 13.1 Å². The van der Waals surface area contributed by atoms with E-state index in [1.54, 1.807) is 4.90 Å². The van der Waals surface area contributed by atoms with Gasteiger partial charge in [0.2, 0.25) is 0 Å². The van der Waals surface area contributed by atoms with Crippen molar-refractivity contribution in [3.63, 3.8) is 0 Å². The molecule has 0 fully saturated rings.